The SMILES string of the molecule is CN1C2CNCCC1C(CN1C3CCCC1CCC3)C2. The molecule has 3 heteroatoms. The highest BCUT2D eigenvalue weighted by atomic mass is 15.3. The summed E-state index contributed by atoms with van der Waals surface area (Å²) in [6, 6.07) is 3.52. The Bertz CT molecular complexity index is 323. The molecule has 4 aliphatic heterocycles. The molecule has 0 saturated carbocycles. The summed E-state index contributed by atoms with van der Waals surface area (Å²) in [5.74, 6) is 0.938. The molecule has 4 bridgehead atoms. The Morgan fingerprint density at radius 2 is 1.65 bits per heavy atom. The third-order valence-electron chi connectivity index (χ3n) is 6.75. The van der Waals surface area contributed by atoms with E-state index in [1.807, 2.05) is 0 Å². The molecular weight excluding hydrogens is 246 g/mol. The zero-order valence-corrected chi connectivity index (χ0v) is 13.1. The van der Waals surface area contributed by atoms with Crippen molar-refractivity contribution in [1.82, 2.24) is 15.1 Å². The average molecular weight is 277 g/mol. The van der Waals surface area contributed by atoms with Gasteiger partial charge in [-0.05, 0) is 58.0 Å². The number of hydrogen-bond acceptors (Lipinski definition) is 3. The zero-order valence-electron chi connectivity index (χ0n) is 13.1. The molecule has 0 radical (unpaired) electrons. The molecule has 1 N–H and O–H groups in total. The first kappa shape index (κ1) is 13.5. The Hall–Kier alpha value is -0.120. The van der Waals surface area contributed by atoms with Crippen LogP contribution in [0.25, 0.3) is 0 Å². The maximum atomic E-state index is 3.62. The Kier molecular flexibility index (Phi) is 3.78. The van der Waals surface area contributed by atoms with Gasteiger partial charge in [0.2, 0.25) is 0 Å². The van der Waals surface area contributed by atoms with E-state index in [0.717, 1.165) is 30.1 Å². The standard InChI is InChI=1S/C17H31N3/c1-19-16-10-13(17(19)8-9-18-11-16)12-20-14-4-2-5-15(20)7-3-6-14/h13-18H,2-12H2,1H3. The minimum atomic E-state index is 0.803. The van der Waals surface area contributed by atoms with E-state index in [1.54, 1.807) is 0 Å². The van der Waals surface area contributed by atoms with Gasteiger partial charge in [0.15, 0.2) is 0 Å². The normalized spacial score (nSPS) is 46.4. The first-order valence-electron chi connectivity index (χ1n) is 9.01. The summed E-state index contributed by atoms with van der Waals surface area (Å²) in [6.07, 6.45) is 11.7. The molecule has 0 aromatic heterocycles. The van der Waals surface area contributed by atoms with Crippen molar-refractivity contribution in [2.75, 3.05) is 26.7 Å². The summed E-state index contributed by atoms with van der Waals surface area (Å²) >= 11 is 0. The molecule has 0 aliphatic carbocycles. The van der Waals surface area contributed by atoms with Crippen LogP contribution in [0.15, 0.2) is 0 Å². The molecule has 4 heterocycles. The highest BCUT2D eigenvalue weighted by molar-refractivity contribution is 4.99. The molecule has 3 unspecified atom stereocenters. The molecule has 4 aliphatic rings. The number of piperidine rings is 2. The topological polar surface area (TPSA) is 18.5 Å². The smallest absolute Gasteiger partial charge is 0.0224 e. The van der Waals surface area contributed by atoms with E-state index in [2.05, 4.69) is 22.2 Å². The Balaban J connectivity index is 1.46. The van der Waals surface area contributed by atoms with Crippen LogP contribution in [0.2, 0.25) is 0 Å². The van der Waals surface area contributed by atoms with Gasteiger partial charge in [0.05, 0.1) is 0 Å². The van der Waals surface area contributed by atoms with E-state index >= 15 is 0 Å². The number of fused-ring (bicyclic) bond motifs is 4. The molecule has 114 valence electrons. The zero-order chi connectivity index (χ0) is 13.5. The quantitative estimate of drug-likeness (QED) is 0.834. The lowest BCUT2D eigenvalue weighted by atomic mass is 9.82. The monoisotopic (exact) mass is 277 g/mol. The number of likely N-dealkylation sites (N-methyl/N-ethyl adjacent to an activating group) is 1. The van der Waals surface area contributed by atoms with E-state index in [-0.39, 0.29) is 0 Å². The Morgan fingerprint density at radius 1 is 0.950 bits per heavy atom. The number of nitrogens with zero attached hydrogens (tertiary/aromatic N) is 2. The van der Waals surface area contributed by atoms with E-state index in [1.165, 1.54) is 71.0 Å². The molecule has 4 rings (SSSR count). The van der Waals surface area contributed by atoms with Crippen LogP contribution in [0, 0.1) is 5.92 Å². The van der Waals surface area contributed by atoms with Gasteiger partial charge in [-0.1, -0.05) is 12.8 Å². The highest BCUT2D eigenvalue weighted by Gasteiger charge is 2.43. The van der Waals surface area contributed by atoms with Gasteiger partial charge in [-0.25, -0.2) is 0 Å². The van der Waals surface area contributed by atoms with Crippen LogP contribution in [-0.2, 0) is 0 Å². The third-order valence-corrected chi connectivity index (χ3v) is 6.75. The lowest BCUT2D eigenvalue weighted by Crippen LogP contribution is -2.52. The van der Waals surface area contributed by atoms with Crippen molar-refractivity contribution in [3.8, 4) is 0 Å². The van der Waals surface area contributed by atoms with Crippen LogP contribution in [0.4, 0.5) is 0 Å². The van der Waals surface area contributed by atoms with Crippen LogP contribution in [-0.4, -0.2) is 60.6 Å². The van der Waals surface area contributed by atoms with Crippen molar-refractivity contribution in [2.45, 2.75) is 75.5 Å². The van der Waals surface area contributed by atoms with Crippen molar-refractivity contribution in [3.05, 3.63) is 0 Å². The molecule has 3 atom stereocenters. The minimum Gasteiger partial charge on any atom is -0.315 e. The lowest BCUT2D eigenvalue weighted by molar-refractivity contribution is 0.0217. The predicted octanol–water partition coefficient (Wildman–Crippen LogP) is 2.08. The fraction of sp³-hybridized carbons (Fsp3) is 1.00. The van der Waals surface area contributed by atoms with Crippen molar-refractivity contribution >= 4 is 0 Å². The van der Waals surface area contributed by atoms with Crippen LogP contribution in [0.3, 0.4) is 0 Å². The number of rotatable bonds is 2. The summed E-state index contributed by atoms with van der Waals surface area (Å²) in [4.78, 5) is 5.65. The second-order valence-electron chi connectivity index (χ2n) is 7.74. The van der Waals surface area contributed by atoms with E-state index in [0.29, 0.717) is 0 Å². The van der Waals surface area contributed by atoms with Gasteiger partial charge in [0.25, 0.3) is 0 Å². The van der Waals surface area contributed by atoms with Gasteiger partial charge in [-0.15, -0.1) is 0 Å². The lowest BCUT2D eigenvalue weighted by Gasteiger charge is -2.48. The largest absolute Gasteiger partial charge is 0.315 e. The van der Waals surface area contributed by atoms with Crippen LogP contribution >= 0.6 is 0 Å². The molecule has 0 spiro atoms. The fourth-order valence-corrected chi connectivity index (χ4v) is 5.65. The van der Waals surface area contributed by atoms with E-state index < -0.39 is 0 Å². The summed E-state index contributed by atoms with van der Waals surface area (Å²) in [7, 11) is 2.37. The van der Waals surface area contributed by atoms with Crippen molar-refractivity contribution in [3.63, 3.8) is 0 Å². The first-order valence-corrected chi connectivity index (χ1v) is 9.01. The van der Waals surface area contributed by atoms with Gasteiger partial charge < -0.3 is 5.32 Å². The van der Waals surface area contributed by atoms with Crippen molar-refractivity contribution in [2.24, 2.45) is 5.92 Å². The average Bonchev–Trinajstić information content (AvgIpc) is 2.58. The van der Waals surface area contributed by atoms with E-state index in [9.17, 15) is 0 Å². The summed E-state index contributed by atoms with van der Waals surface area (Å²) in [5.41, 5.74) is 0. The molecule has 4 saturated heterocycles. The summed E-state index contributed by atoms with van der Waals surface area (Å²) < 4.78 is 0. The number of nitrogens with one attached hydrogen (secondary N) is 1. The summed E-state index contributed by atoms with van der Waals surface area (Å²) in [5, 5.41) is 3.62. The van der Waals surface area contributed by atoms with Gasteiger partial charge >= 0.3 is 0 Å². The Labute approximate surface area is 124 Å². The van der Waals surface area contributed by atoms with Crippen LogP contribution < -0.4 is 5.32 Å². The van der Waals surface area contributed by atoms with E-state index in [4.69, 9.17) is 0 Å². The van der Waals surface area contributed by atoms with Gasteiger partial charge in [-0.3, -0.25) is 9.80 Å². The minimum absolute atomic E-state index is 0.803. The second-order valence-corrected chi connectivity index (χ2v) is 7.74. The maximum Gasteiger partial charge on any atom is 0.0224 e. The molecule has 3 nitrogen and oxygen atoms in total. The van der Waals surface area contributed by atoms with Gasteiger partial charge in [-0.2, -0.15) is 0 Å². The molecule has 20 heavy (non-hydrogen) atoms. The molecular formula is C17H31N3. The van der Waals surface area contributed by atoms with Gasteiger partial charge in [0, 0.05) is 37.3 Å². The predicted molar refractivity (Wildman–Crippen MR) is 82.9 cm³/mol. The van der Waals surface area contributed by atoms with Gasteiger partial charge in [0.1, 0.15) is 0 Å². The summed E-state index contributed by atoms with van der Waals surface area (Å²) in [6.45, 7) is 3.85. The molecule has 4 fully saturated rings. The van der Waals surface area contributed by atoms with Crippen LogP contribution in [0.5, 0.6) is 0 Å². The van der Waals surface area contributed by atoms with Crippen molar-refractivity contribution < 1.29 is 0 Å². The second kappa shape index (κ2) is 5.58. The van der Waals surface area contributed by atoms with Crippen molar-refractivity contribution in [1.29, 1.82) is 0 Å². The molecule has 0 aromatic rings. The Morgan fingerprint density at radius 3 is 2.35 bits per heavy atom. The highest BCUT2D eigenvalue weighted by Crippen LogP contribution is 2.38. The van der Waals surface area contributed by atoms with Crippen LogP contribution in [0.1, 0.15) is 51.4 Å². The maximum absolute atomic E-state index is 3.62. The fourth-order valence-electron chi connectivity index (χ4n) is 5.65. The number of hydrogen-bond donors (Lipinski definition) is 1. The third kappa shape index (κ3) is 2.32. The molecule has 0 amide bonds. The first-order chi connectivity index (χ1) is 9.83. The molecule has 0 aromatic carbocycles.